The fraction of sp³-hybridized carbons (Fsp3) is 0.176. The van der Waals surface area contributed by atoms with E-state index in [1.807, 2.05) is 32.9 Å². The van der Waals surface area contributed by atoms with Crippen molar-refractivity contribution in [3.05, 3.63) is 68.7 Å². The van der Waals surface area contributed by atoms with Crippen molar-refractivity contribution in [1.82, 2.24) is 0 Å². The summed E-state index contributed by atoms with van der Waals surface area (Å²) in [6.07, 6.45) is 0. The van der Waals surface area contributed by atoms with E-state index in [0.29, 0.717) is 5.56 Å². The van der Waals surface area contributed by atoms with Crippen LogP contribution in [0.1, 0.15) is 43.0 Å². The SMILES string of the molecule is Cc1cc(C)c(C(=O)c2c(Cl)cccc2C(=O)O)c(C)c1. The van der Waals surface area contributed by atoms with Crippen LogP contribution in [0.2, 0.25) is 5.02 Å². The summed E-state index contributed by atoms with van der Waals surface area (Å²) in [6.45, 7) is 5.63. The summed E-state index contributed by atoms with van der Waals surface area (Å²) in [7, 11) is 0. The Morgan fingerprint density at radius 1 is 1.00 bits per heavy atom. The zero-order valence-corrected chi connectivity index (χ0v) is 12.8. The predicted molar refractivity (Wildman–Crippen MR) is 82.5 cm³/mol. The van der Waals surface area contributed by atoms with Gasteiger partial charge in [0.1, 0.15) is 0 Å². The fourth-order valence-electron chi connectivity index (χ4n) is 2.60. The summed E-state index contributed by atoms with van der Waals surface area (Å²) < 4.78 is 0. The van der Waals surface area contributed by atoms with Crippen LogP contribution in [0.15, 0.2) is 30.3 Å². The first-order chi connectivity index (χ1) is 9.82. The van der Waals surface area contributed by atoms with Gasteiger partial charge in [-0.3, -0.25) is 4.79 Å². The van der Waals surface area contributed by atoms with E-state index < -0.39 is 5.97 Å². The number of carboxylic acids is 1. The molecule has 0 unspecified atom stereocenters. The number of halogens is 1. The van der Waals surface area contributed by atoms with E-state index >= 15 is 0 Å². The summed E-state index contributed by atoms with van der Waals surface area (Å²) >= 11 is 6.07. The Balaban J connectivity index is 2.69. The minimum atomic E-state index is -1.16. The van der Waals surface area contributed by atoms with Gasteiger partial charge in [-0.25, -0.2) is 4.79 Å². The minimum Gasteiger partial charge on any atom is -0.478 e. The average Bonchev–Trinajstić information content (AvgIpc) is 2.36. The lowest BCUT2D eigenvalue weighted by molar-refractivity contribution is 0.0692. The maximum atomic E-state index is 12.8. The van der Waals surface area contributed by atoms with Gasteiger partial charge in [-0.05, 0) is 44.0 Å². The summed E-state index contributed by atoms with van der Waals surface area (Å²) in [4.78, 5) is 24.1. The number of aromatic carboxylic acids is 1. The summed E-state index contributed by atoms with van der Waals surface area (Å²) in [5, 5.41) is 9.41. The Labute approximate surface area is 128 Å². The molecule has 0 saturated heterocycles. The van der Waals surface area contributed by atoms with Gasteiger partial charge < -0.3 is 5.11 Å². The average molecular weight is 303 g/mol. The van der Waals surface area contributed by atoms with Crippen LogP contribution < -0.4 is 0 Å². The lowest BCUT2D eigenvalue weighted by Crippen LogP contribution is -2.13. The van der Waals surface area contributed by atoms with Crippen molar-refractivity contribution in [2.45, 2.75) is 20.8 Å². The molecule has 0 fully saturated rings. The molecular weight excluding hydrogens is 288 g/mol. The summed E-state index contributed by atoms with van der Waals surface area (Å²) in [5.74, 6) is -1.52. The third-order valence-electron chi connectivity index (χ3n) is 3.38. The number of rotatable bonds is 3. The van der Waals surface area contributed by atoms with E-state index in [1.54, 1.807) is 0 Å². The number of ketones is 1. The van der Waals surface area contributed by atoms with Crippen molar-refractivity contribution in [1.29, 1.82) is 0 Å². The number of aryl methyl sites for hydroxylation is 3. The van der Waals surface area contributed by atoms with Crippen molar-refractivity contribution in [3.63, 3.8) is 0 Å². The van der Waals surface area contributed by atoms with Crippen LogP contribution in [0.25, 0.3) is 0 Å². The van der Waals surface area contributed by atoms with Gasteiger partial charge in [-0.15, -0.1) is 0 Å². The van der Waals surface area contributed by atoms with Crippen LogP contribution in [0.4, 0.5) is 0 Å². The van der Waals surface area contributed by atoms with Gasteiger partial charge in [-0.1, -0.05) is 35.4 Å². The molecule has 3 nitrogen and oxygen atoms in total. The molecule has 0 saturated carbocycles. The van der Waals surface area contributed by atoms with Crippen LogP contribution >= 0.6 is 11.6 Å². The van der Waals surface area contributed by atoms with Crippen LogP contribution in [0, 0.1) is 20.8 Å². The molecule has 4 heteroatoms. The van der Waals surface area contributed by atoms with Crippen molar-refractivity contribution < 1.29 is 14.7 Å². The lowest BCUT2D eigenvalue weighted by atomic mass is 9.91. The number of hydrogen-bond acceptors (Lipinski definition) is 2. The van der Waals surface area contributed by atoms with Gasteiger partial charge in [0.2, 0.25) is 0 Å². The van der Waals surface area contributed by atoms with E-state index in [1.165, 1.54) is 18.2 Å². The molecule has 0 aliphatic rings. The maximum Gasteiger partial charge on any atom is 0.336 e. The van der Waals surface area contributed by atoms with Gasteiger partial charge in [0, 0.05) is 5.56 Å². The Bertz CT molecular complexity index is 725. The van der Waals surface area contributed by atoms with Crippen molar-refractivity contribution in [2.75, 3.05) is 0 Å². The van der Waals surface area contributed by atoms with Crippen LogP contribution in [0.5, 0.6) is 0 Å². The highest BCUT2D eigenvalue weighted by Crippen LogP contribution is 2.27. The molecule has 2 aromatic rings. The third kappa shape index (κ3) is 2.83. The van der Waals surface area contributed by atoms with Crippen LogP contribution in [-0.4, -0.2) is 16.9 Å². The highest BCUT2D eigenvalue weighted by atomic mass is 35.5. The monoisotopic (exact) mass is 302 g/mol. The highest BCUT2D eigenvalue weighted by Gasteiger charge is 2.23. The number of hydrogen-bond donors (Lipinski definition) is 1. The zero-order chi connectivity index (χ0) is 15.7. The summed E-state index contributed by atoms with van der Waals surface area (Å²) in [6, 6.07) is 8.24. The molecule has 2 aromatic carbocycles. The second-order valence-corrected chi connectivity index (χ2v) is 5.48. The van der Waals surface area contributed by atoms with E-state index in [4.69, 9.17) is 11.6 Å². The van der Waals surface area contributed by atoms with E-state index in [9.17, 15) is 14.7 Å². The first kappa shape index (κ1) is 15.3. The Kier molecular flexibility index (Phi) is 4.14. The first-order valence-corrected chi connectivity index (χ1v) is 6.85. The molecular formula is C17H15ClO3. The molecule has 0 aliphatic carbocycles. The molecule has 0 amide bonds. The molecule has 0 aromatic heterocycles. The normalized spacial score (nSPS) is 10.5. The summed E-state index contributed by atoms with van der Waals surface area (Å²) in [5.41, 5.74) is 3.16. The Morgan fingerprint density at radius 3 is 2.10 bits per heavy atom. The van der Waals surface area contributed by atoms with E-state index in [0.717, 1.165) is 16.7 Å². The molecule has 108 valence electrons. The topological polar surface area (TPSA) is 54.4 Å². The number of carbonyl (C=O) groups is 2. The minimum absolute atomic E-state index is 0.0433. The molecule has 0 bridgehead atoms. The second-order valence-electron chi connectivity index (χ2n) is 5.07. The highest BCUT2D eigenvalue weighted by molar-refractivity contribution is 6.36. The Hall–Kier alpha value is -2.13. The van der Waals surface area contributed by atoms with E-state index in [2.05, 4.69) is 0 Å². The molecule has 21 heavy (non-hydrogen) atoms. The number of benzene rings is 2. The standard InChI is InChI=1S/C17H15ClO3/c1-9-7-10(2)14(11(3)8-9)16(19)15-12(17(20)21)5-4-6-13(15)18/h4-8H,1-3H3,(H,20,21). The molecule has 2 rings (SSSR count). The molecule has 0 heterocycles. The van der Waals surface area contributed by atoms with Crippen molar-refractivity contribution >= 4 is 23.4 Å². The quantitative estimate of drug-likeness (QED) is 0.865. The van der Waals surface area contributed by atoms with Crippen LogP contribution in [0.3, 0.4) is 0 Å². The molecule has 0 atom stereocenters. The van der Waals surface area contributed by atoms with Gasteiger partial charge >= 0.3 is 5.97 Å². The largest absolute Gasteiger partial charge is 0.478 e. The molecule has 0 radical (unpaired) electrons. The molecule has 0 aliphatic heterocycles. The number of carbonyl (C=O) groups excluding carboxylic acids is 1. The maximum absolute atomic E-state index is 12.8. The predicted octanol–water partition coefficient (Wildman–Crippen LogP) is 4.19. The van der Waals surface area contributed by atoms with Gasteiger partial charge in [-0.2, -0.15) is 0 Å². The zero-order valence-electron chi connectivity index (χ0n) is 12.0. The van der Waals surface area contributed by atoms with E-state index in [-0.39, 0.29) is 21.9 Å². The third-order valence-corrected chi connectivity index (χ3v) is 3.69. The smallest absolute Gasteiger partial charge is 0.336 e. The second kappa shape index (κ2) is 5.70. The lowest BCUT2D eigenvalue weighted by Gasteiger charge is -2.13. The first-order valence-electron chi connectivity index (χ1n) is 6.47. The number of carboxylic acid groups (broad SMARTS) is 1. The van der Waals surface area contributed by atoms with Crippen molar-refractivity contribution in [2.24, 2.45) is 0 Å². The fourth-order valence-corrected chi connectivity index (χ4v) is 2.86. The Morgan fingerprint density at radius 2 is 1.57 bits per heavy atom. The van der Waals surface area contributed by atoms with Crippen molar-refractivity contribution in [3.8, 4) is 0 Å². The van der Waals surface area contributed by atoms with Crippen LogP contribution in [-0.2, 0) is 0 Å². The van der Waals surface area contributed by atoms with Gasteiger partial charge in [0.05, 0.1) is 16.1 Å². The van der Waals surface area contributed by atoms with Gasteiger partial charge in [0.25, 0.3) is 0 Å². The van der Waals surface area contributed by atoms with Gasteiger partial charge in [0.15, 0.2) is 5.78 Å². The molecule has 1 N–H and O–H groups in total. The molecule has 0 spiro atoms.